The number of halogens is 3. The number of nitrogens with zero attached hydrogens (tertiary/aromatic N) is 1. The van der Waals surface area contributed by atoms with Crippen LogP contribution in [-0.4, -0.2) is 37.6 Å². The molecule has 128 valence electrons. The summed E-state index contributed by atoms with van der Waals surface area (Å²) >= 11 is 0. The van der Waals surface area contributed by atoms with E-state index in [1.54, 1.807) is 17.0 Å². The highest BCUT2D eigenvalue weighted by Gasteiger charge is 2.33. The summed E-state index contributed by atoms with van der Waals surface area (Å²) in [7, 11) is 1.48. The van der Waals surface area contributed by atoms with Crippen molar-refractivity contribution in [1.82, 2.24) is 4.90 Å². The Morgan fingerprint density at radius 2 is 2.09 bits per heavy atom. The van der Waals surface area contributed by atoms with Gasteiger partial charge in [0.05, 0.1) is 5.56 Å². The number of alkyl halides is 3. The van der Waals surface area contributed by atoms with Gasteiger partial charge in [0.2, 0.25) is 5.91 Å². The lowest BCUT2D eigenvalue weighted by atomic mass is 9.90. The number of ether oxygens (including phenoxy) is 1. The van der Waals surface area contributed by atoms with Crippen molar-refractivity contribution < 1.29 is 22.7 Å². The summed E-state index contributed by atoms with van der Waals surface area (Å²) in [4.78, 5) is 13.6. The molecule has 0 unspecified atom stereocenters. The van der Waals surface area contributed by atoms with E-state index < -0.39 is 11.7 Å². The van der Waals surface area contributed by atoms with Gasteiger partial charge < -0.3 is 9.64 Å². The Morgan fingerprint density at radius 3 is 2.78 bits per heavy atom. The summed E-state index contributed by atoms with van der Waals surface area (Å²) in [6, 6.07) is 5.72. The first kappa shape index (κ1) is 17.8. The van der Waals surface area contributed by atoms with Crippen LogP contribution in [0.2, 0.25) is 0 Å². The predicted octanol–water partition coefficient (Wildman–Crippen LogP) is 3.52. The van der Waals surface area contributed by atoms with Crippen LogP contribution in [0.4, 0.5) is 13.2 Å². The van der Waals surface area contributed by atoms with Gasteiger partial charge in [0.1, 0.15) is 6.61 Å². The quantitative estimate of drug-likeness (QED) is 0.827. The second-order valence-corrected chi connectivity index (χ2v) is 5.97. The van der Waals surface area contributed by atoms with Gasteiger partial charge in [0.15, 0.2) is 0 Å². The molecule has 3 nitrogen and oxygen atoms in total. The number of piperidine rings is 1. The predicted molar refractivity (Wildman–Crippen MR) is 80.9 cm³/mol. The fraction of sp³-hybridized carbons (Fsp3) is 0.588. The molecule has 1 atom stereocenters. The van der Waals surface area contributed by atoms with E-state index in [2.05, 4.69) is 0 Å². The van der Waals surface area contributed by atoms with Crippen molar-refractivity contribution in [3.05, 3.63) is 35.4 Å². The Labute approximate surface area is 134 Å². The number of carbonyl (C=O) groups is 1. The van der Waals surface area contributed by atoms with E-state index in [4.69, 9.17) is 4.74 Å². The number of hydrogen-bond donors (Lipinski definition) is 0. The van der Waals surface area contributed by atoms with Crippen LogP contribution in [0.15, 0.2) is 24.3 Å². The Hall–Kier alpha value is -1.56. The van der Waals surface area contributed by atoms with E-state index in [-0.39, 0.29) is 18.4 Å². The molecule has 1 aliphatic heterocycles. The third-order valence-corrected chi connectivity index (χ3v) is 4.28. The zero-order chi connectivity index (χ0) is 16.9. The van der Waals surface area contributed by atoms with Crippen molar-refractivity contribution in [3.63, 3.8) is 0 Å². The van der Waals surface area contributed by atoms with Gasteiger partial charge in [-0.2, -0.15) is 13.2 Å². The maximum Gasteiger partial charge on any atom is 0.416 e. The minimum Gasteiger partial charge on any atom is -0.375 e. The van der Waals surface area contributed by atoms with Crippen LogP contribution in [0, 0.1) is 5.92 Å². The molecule has 1 amide bonds. The normalized spacial score (nSPS) is 19.0. The van der Waals surface area contributed by atoms with Crippen molar-refractivity contribution in [2.45, 2.75) is 31.9 Å². The molecular formula is C17H22F3NO2. The molecule has 0 radical (unpaired) electrons. The summed E-state index contributed by atoms with van der Waals surface area (Å²) in [5.74, 6) is 0.193. The van der Waals surface area contributed by atoms with Gasteiger partial charge in [0, 0.05) is 20.2 Å². The van der Waals surface area contributed by atoms with Crippen molar-refractivity contribution in [3.8, 4) is 0 Å². The minimum atomic E-state index is -4.32. The highest BCUT2D eigenvalue weighted by molar-refractivity contribution is 5.77. The van der Waals surface area contributed by atoms with Crippen molar-refractivity contribution in [1.29, 1.82) is 0 Å². The number of aryl methyl sites for hydroxylation is 1. The SMILES string of the molecule is COCC(=O)N1CCC[C@@H](CCc2ccccc2C(F)(F)F)C1. The van der Waals surface area contributed by atoms with Gasteiger partial charge in [-0.3, -0.25) is 4.79 Å². The molecule has 0 bridgehead atoms. The van der Waals surface area contributed by atoms with Crippen LogP contribution >= 0.6 is 0 Å². The molecule has 23 heavy (non-hydrogen) atoms. The van der Waals surface area contributed by atoms with Crippen LogP contribution < -0.4 is 0 Å². The molecule has 0 aliphatic carbocycles. The largest absolute Gasteiger partial charge is 0.416 e. The van der Waals surface area contributed by atoms with Gasteiger partial charge in [-0.1, -0.05) is 18.2 Å². The average molecular weight is 329 g/mol. The average Bonchev–Trinajstić information content (AvgIpc) is 2.53. The molecule has 1 aromatic carbocycles. The zero-order valence-corrected chi connectivity index (χ0v) is 13.2. The van der Waals surface area contributed by atoms with Gasteiger partial charge in [-0.05, 0) is 43.2 Å². The first-order chi connectivity index (χ1) is 10.9. The van der Waals surface area contributed by atoms with Crippen LogP contribution in [0.3, 0.4) is 0 Å². The van der Waals surface area contributed by atoms with Crippen molar-refractivity contribution in [2.24, 2.45) is 5.92 Å². The van der Waals surface area contributed by atoms with Gasteiger partial charge in [-0.25, -0.2) is 0 Å². The van der Waals surface area contributed by atoms with Gasteiger partial charge in [0.25, 0.3) is 0 Å². The number of benzene rings is 1. The lowest BCUT2D eigenvalue weighted by Gasteiger charge is -2.33. The molecule has 0 spiro atoms. The van der Waals surface area contributed by atoms with Crippen LogP contribution in [0.1, 0.15) is 30.4 Å². The highest BCUT2D eigenvalue weighted by atomic mass is 19.4. The Balaban J connectivity index is 1.95. The Bertz CT molecular complexity index is 531. The lowest BCUT2D eigenvalue weighted by Crippen LogP contribution is -2.41. The second kappa shape index (κ2) is 7.81. The van der Waals surface area contributed by atoms with Gasteiger partial charge in [-0.15, -0.1) is 0 Å². The van der Waals surface area contributed by atoms with E-state index >= 15 is 0 Å². The van der Waals surface area contributed by atoms with Crippen LogP contribution in [-0.2, 0) is 22.1 Å². The van der Waals surface area contributed by atoms with Crippen molar-refractivity contribution >= 4 is 5.91 Å². The van der Waals surface area contributed by atoms with Crippen molar-refractivity contribution in [2.75, 3.05) is 26.8 Å². The fourth-order valence-electron chi connectivity index (χ4n) is 3.12. The molecule has 1 heterocycles. The topological polar surface area (TPSA) is 29.5 Å². The first-order valence-corrected chi connectivity index (χ1v) is 7.83. The maximum atomic E-state index is 13.0. The number of methoxy groups -OCH3 is 1. The Kier molecular flexibility index (Phi) is 6.04. The molecule has 1 aromatic rings. The monoisotopic (exact) mass is 329 g/mol. The first-order valence-electron chi connectivity index (χ1n) is 7.83. The van der Waals surface area contributed by atoms with E-state index in [1.165, 1.54) is 13.2 Å². The Morgan fingerprint density at radius 1 is 1.35 bits per heavy atom. The van der Waals surface area contributed by atoms with E-state index in [0.29, 0.717) is 31.5 Å². The summed E-state index contributed by atoms with van der Waals surface area (Å²) < 4.78 is 43.9. The molecule has 6 heteroatoms. The third kappa shape index (κ3) is 4.96. The fourth-order valence-corrected chi connectivity index (χ4v) is 3.12. The molecule has 0 saturated carbocycles. The maximum absolute atomic E-state index is 13.0. The third-order valence-electron chi connectivity index (χ3n) is 4.28. The lowest BCUT2D eigenvalue weighted by molar-refractivity contribution is -0.138. The summed E-state index contributed by atoms with van der Waals surface area (Å²) in [6.07, 6.45) is -1.44. The molecule has 1 fully saturated rings. The smallest absolute Gasteiger partial charge is 0.375 e. The zero-order valence-electron chi connectivity index (χ0n) is 13.2. The number of rotatable bonds is 5. The number of hydrogen-bond acceptors (Lipinski definition) is 2. The molecule has 1 saturated heterocycles. The van der Waals surface area contributed by atoms with Crippen LogP contribution in [0.5, 0.6) is 0 Å². The molecular weight excluding hydrogens is 307 g/mol. The highest BCUT2D eigenvalue weighted by Crippen LogP contribution is 2.33. The van der Waals surface area contributed by atoms with E-state index in [9.17, 15) is 18.0 Å². The summed E-state index contributed by atoms with van der Waals surface area (Å²) in [5.41, 5.74) is -0.219. The number of carbonyl (C=O) groups excluding carboxylic acids is 1. The molecule has 0 aromatic heterocycles. The minimum absolute atomic E-state index is 0.0482. The molecule has 0 N–H and O–H groups in total. The van der Waals surface area contributed by atoms with Gasteiger partial charge >= 0.3 is 6.18 Å². The second-order valence-electron chi connectivity index (χ2n) is 5.97. The standard InChI is InChI=1S/C17H22F3NO2/c1-23-12-16(22)21-10-4-5-13(11-21)8-9-14-6-2-3-7-15(14)17(18,19)20/h2-3,6-7,13H,4-5,8-12H2,1H3/t13-/m0/s1. The molecule has 1 aliphatic rings. The molecule has 2 rings (SSSR count). The summed E-state index contributed by atoms with van der Waals surface area (Å²) in [5, 5.41) is 0. The number of likely N-dealkylation sites (tertiary alicyclic amines) is 1. The number of amides is 1. The summed E-state index contributed by atoms with van der Waals surface area (Å²) in [6.45, 7) is 1.37. The van der Waals surface area contributed by atoms with E-state index in [0.717, 1.165) is 18.9 Å². The van der Waals surface area contributed by atoms with Crippen LogP contribution in [0.25, 0.3) is 0 Å². The van der Waals surface area contributed by atoms with E-state index in [1.807, 2.05) is 0 Å².